The Morgan fingerprint density at radius 1 is 1.05 bits per heavy atom. The van der Waals surface area contributed by atoms with Gasteiger partial charge in [0.05, 0.1) is 5.56 Å². The van der Waals surface area contributed by atoms with Crippen LogP contribution in [0.4, 0.5) is 28.9 Å². The lowest BCUT2D eigenvalue weighted by Crippen LogP contribution is -2.32. The predicted octanol–water partition coefficient (Wildman–Crippen LogP) is 6.27. The highest BCUT2D eigenvalue weighted by Crippen LogP contribution is 2.38. The van der Waals surface area contributed by atoms with Gasteiger partial charge < -0.3 is 20.3 Å². The molecule has 0 saturated heterocycles. The van der Waals surface area contributed by atoms with E-state index in [1.165, 1.54) is 24.3 Å². The van der Waals surface area contributed by atoms with Crippen LogP contribution in [-0.2, 0) is 12.8 Å². The molecule has 0 atom stereocenters. The second-order valence-corrected chi connectivity index (χ2v) is 8.82. The van der Waals surface area contributed by atoms with Gasteiger partial charge in [0, 0.05) is 59.9 Å². The number of alkyl halides is 3. The molecule has 0 fully saturated rings. The topological polar surface area (TPSA) is 66.5 Å². The first kappa shape index (κ1) is 27.8. The fourth-order valence-electron chi connectivity index (χ4n) is 4.22. The number of pyridine rings is 1. The maximum absolute atomic E-state index is 14.5. The Morgan fingerprint density at radius 2 is 1.85 bits per heavy atom. The molecule has 39 heavy (non-hydrogen) atoms. The molecule has 1 aromatic heterocycles. The maximum Gasteiger partial charge on any atom is 0.418 e. The molecule has 0 radical (unpaired) electrons. The molecular formula is C29H28F4N4O2. The van der Waals surface area contributed by atoms with Gasteiger partial charge in [0.25, 0.3) is 5.91 Å². The Kier molecular flexibility index (Phi) is 8.65. The summed E-state index contributed by atoms with van der Waals surface area (Å²) in [4.78, 5) is 18.7. The average Bonchev–Trinajstić information content (AvgIpc) is 2.93. The van der Waals surface area contributed by atoms with Crippen LogP contribution in [0.1, 0.15) is 28.4 Å². The van der Waals surface area contributed by atoms with Crippen molar-refractivity contribution in [2.45, 2.75) is 19.7 Å². The number of likely N-dealkylation sites (N-methyl/N-ethyl adjacent to an activating group) is 2. The summed E-state index contributed by atoms with van der Waals surface area (Å²) in [6.45, 7) is 3.05. The monoisotopic (exact) mass is 540 g/mol. The Morgan fingerprint density at radius 3 is 2.59 bits per heavy atom. The van der Waals surface area contributed by atoms with E-state index >= 15 is 0 Å². The molecule has 0 aliphatic rings. The second-order valence-electron chi connectivity index (χ2n) is 8.82. The van der Waals surface area contributed by atoms with Crippen molar-refractivity contribution >= 4 is 28.1 Å². The molecule has 6 nitrogen and oxygen atoms in total. The van der Waals surface area contributed by atoms with Gasteiger partial charge in [-0.05, 0) is 55.8 Å². The highest BCUT2D eigenvalue weighted by atomic mass is 19.4. The van der Waals surface area contributed by atoms with E-state index in [4.69, 9.17) is 4.74 Å². The van der Waals surface area contributed by atoms with Gasteiger partial charge >= 0.3 is 6.18 Å². The second kappa shape index (κ2) is 12.1. The van der Waals surface area contributed by atoms with Crippen molar-refractivity contribution in [3.8, 4) is 5.75 Å². The smallest absolute Gasteiger partial charge is 0.418 e. The van der Waals surface area contributed by atoms with Crippen molar-refractivity contribution in [1.29, 1.82) is 0 Å². The molecule has 0 spiro atoms. The molecule has 1 amide bonds. The van der Waals surface area contributed by atoms with Crippen LogP contribution in [0.15, 0.2) is 73.1 Å². The van der Waals surface area contributed by atoms with Crippen molar-refractivity contribution in [1.82, 2.24) is 10.3 Å². The zero-order valence-electron chi connectivity index (χ0n) is 21.5. The van der Waals surface area contributed by atoms with Crippen molar-refractivity contribution < 1.29 is 27.1 Å². The number of hydrogen-bond acceptors (Lipinski definition) is 5. The SMILES string of the molecule is CCN(CCNC)c1ccc(NC(=O)c2ccc(F)c(OCc3cncc4ccccc34)c2)cc1C(F)(F)F. The van der Waals surface area contributed by atoms with Crippen LogP contribution < -0.4 is 20.3 Å². The van der Waals surface area contributed by atoms with Crippen molar-refractivity contribution in [2.24, 2.45) is 0 Å². The van der Waals surface area contributed by atoms with Gasteiger partial charge in [0.1, 0.15) is 6.61 Å². The number of amides is 1. The molecular weight excluding hydrogens is 512 g/mol. The van der Waals surface area contributed by atoms with E-state index < -0.39 is 23.5 Å². The number of nitrogens with zero attached hydrogens (tertiary/aromatic N) is 2. The Bertz CT molecular complexity index is 1450. The lowest BCUT2D eigenvalue weighted by atomic mass is 10.1. The number of carbonyl (C=O) groups excluding carboxylic acids is 1. The summed E-state index contributed by atoms with van der Waals surface area (Å²) < 4.78 is 61.9. The number of aromatic nitrogens is 1. The Balaban J connectivity index is 1.53. The maximum atomic E-state index is 14.5. The Labute approximate surface area is 223 Å². The van der Waals surface area contributed by atoms with Crippen LogP contribution in [0.2, 0.25) is 0 Å². The summed E-state index contributed by atoms with van der Waals surface area (Å²) >= 11 is 0. The Hall–Kier alpha value is -4.18. The number of halogens is 4. The predicted molar refractivity (Wildman–Crippen MR) is 144 cm³/mol. The van der Waals surface area contributed by atoms with E-state index in [0.29, 0.717) is 19.6 Å². The molecule has 0 bridgehead atoms. The molecule has 0 saturated carbocycles. The number of ether oxygens (including phenoxy) is 1. The fraction of sp³-hybridized carbons (Fsp3) is 0.241. The van der Waals surface area contributed by atoms with Crippen LogP contribution in [0, 0.1) is 5.82 Å². The standard InChI is InChI=1S/C29H28F4N4O2/c1-3-37(13-12-34-2)26-11-9-22(15-24(26)29(31,32)33)36-28(38)19-8-10-25(30)27(14-19)39-18-21-17-35-16-20-6-4-5-7-23(20)21/h4-11,14-17,34H,3,12-13,18H2,1-2H3,(H,36,38). The normalized spacial score (nSPS) is 11.4. The van der Waals surface area contributed by atoms with E-state index in [1.54, 1.807) is 31.3 Å². The zero-order chi connectivity index (χ0) is 28.0. The van der Waals surface area contributed by atoms with E-state index in [1.807, 2.05) is 24.3 Å². The van der Waals surface area contributed by atoms with Crippen molar-refractivity contribution in [2.75, 3.05) is 36.9 Å². The van der Waals surface area contributed by atoms with Gasteiger partial charge in [-0.1, -0.05) is 24.3 Å². The minimum Gasteiger partial charge on any atom is -0.486 e. The van der Waals surface area contributed by atoms with Gasteiger partial charge in [-0.3, -0.25) is 9.78 Å². The van der Waals surface area contributed by atoms with Gasteiger partial charge in [0.15, 0.2) is 11.6 Å². The minimum atomic E-state index is -4.63. The summed E-state index contributed by atoms with van der Waals surface area (Å²) in [6, 6.07) is 14.8. The highest BCUT2D eigenvalue weighted by molar-refractivity contribution is 6.04. The van der Waals surface area contributed by atoms with Gasteiger partial charge in [0.2, 0.25) is 0 Å². The summed E-state index contributed by atoms with van der Waals surface area (Å²) in [5.74, 6) is -1.54. The largest absolute Gasteiger partial charge is 0.486 e. The molecule has 4 rings (SSSR count). The number of rotatable bonds is 10. The highest BCUT2D eigenvalue weighted by Gasteiger charge is 2.35. The van der Waals surface area contributed by atoms with Crippen molar-refractivity contribution in [3.63, 3.8) is 0 Å². The number of carbonyl (C=O) groups is 1. The van der Waals surface area contributed by atoms with Crippen LogP contribution in [0.5, 0.6) is 5.75 Å². The lowest BCUT2D eigenvalue weighted by Gasteiger charge is -2.27. The van der Waals surface area contributed by atoms with Crippen molar-refractivity contribution in [3.05, 3.63) is 95.6 Å². The van der Waals surface area contributed by atoms with Gasteiger partial charge in [-0.2, -0.15) is 13.2 Å². The van der Waals surface area contributed by atoms with E-state index in [9.17, 15) is 22.4 Å². The van der Waals surface area contributed by atoms with E-state index in [0.717, 1.165) is 28.5 Å². The number of benzene rings is 3. The summed E-state index contributed by atoms with van der Waals surface area (Å²) in [5, 5.41) is 7.22. The van der Waals surface area contributed by atoms with Crippen LogP contribution in [0.25, 0.3) is 10.8 Å². The first-order valence-electron chi connectivity index (χ1n) is 12.4. The molecule has 3 aromatic carbocycles. The van der Waals surface area contributed by atoms with Crippen LogP contribution in [-0.4, -0.2) is 37.6 Å². The number of nitrogens with one attached hydrogen (secondary N) is 2. The summed E-state index contributed by atoms with van der Waals surface area (Å²) in [5.41, 5.74) is -0.0969. The number of anilines is 2. The summed E-state index contributed by atoms with van der Waals surface area (Å²) in [7, 11) is 1.73. The molecule has 0 aliphatic heterocycles. The van der Waals surface area contributed by atoms with Gasteiger partial charge in [-0.15, -0.1) is 0 Å². The number of fused-ring (bicyclic) bond motifs is 1. The zero-order valence-corrected chi connectivity index (χ0v) is 21.5. The average molecular weight is 541 g/mol. The molecule has 204 valence electrons. The fourth-order valence-corrected chi connectivity index (χ4v) is 4.22. The number of hydrogen-bond donors (Lipinski definition) is 2. The minimum absolute atomic E-state index is 0.00816. The molecule has 2 N–H and O–H groups in total. The van der Waals surface area contributed by atoms with Gasteiger partial charge in [-0.25, -0.2) is 4.39 Å². The molecule has 10 heteroatoms. The first-order valence-corrected chi connectivity index (χ1v) is 12.4. The van der Waals surface area contributed by atoms with Crippen LogP contribution >= 0.6 is 0 Å². The third kappa shape index (κ3) is 6.64. The first-order chi connectivity index (χ1) is 18.7. The third-order valence-electron chi connectivity index (χ3n) is 6.24. The van der Waals surface area contributed by atoms with E-state index in [2.05, 4.69) is 15.6 Å². The molecule has 4 aromatic rings. The molecule has 1 heterocycles. The molecule has 0 aliphatic carbocycles. The quantitative estimate of drug-likeness (QED) is 0.232. The third-order valence-corrected chi connectivity index (χ3v) is 6.24. The summed E-state index contributed by atoms with van der Waals surface area (Å²) in [6.07, 6.45) is -1.29. The lowest BCUT2D eigenvalue weighted by molar-refractivity contribution is -0.137. The van der Waals surface area contributed by atoms with Crippen LogP contribution in [0.3, 0.4) is 0 Å². The van der Waals surface area contributed by atoms with E-state index in [-0.39, 0.29) is 29.3 Å². The molecule has 0 unspecified atom stereocenters.